The lowest BCUT2D eigenvalue weighted by Crippen LogP contribution is -2.05. The van der Waals surface area contributed by atoms with E-state index < -0.39 is 11.7 Å². The Labute approximate surface area is 92.8 Å². The van der Waals surface area contributed by atoms with Gasteiger partial charge in [-0.05, 0) is 17.8 Å². The maximum Gasteiger partial charge on any atom is 0.417 e. The molecule has 0 fully saturated rings. The first-order chi connectivity index (χ1) is 6.80. The molecule has 1 rings (SSSR count). The number of carbonyl (C=O) groups is 1. The molecule has 7 heteroatoms. The van der Waals surface area contributed by atoms with E-state index in [0.717, 1.165) is 6.07 Å². The van der Waals surface area contributed by atoms with Crippen molar-refractivity contribution >= 4 is 28.5 Å². The Morgan fingerprint density at radius 1 is 1.53 bits per heavy atom. The van der Waals surface area contributed by atoms with Crippen molar-refractivity contribution in [2.45, 2.75) is 18.1 Å². The van der Waals surface area contributed by atoms with E-state index in [9.17, 15) is 18.0 Å². The van der Waals surface area contributed by atoms with Gasteiger partial charge in [-0.3, -0.25) is 4.79 Å². The lowest BCUT2D eigenvalue weighted by Gasteiger charge is -2.07. The summed E-state index contributed by atoms with van der Waals surface area (Å²) in [5, 5.41) is -0.383. The molecule has 0 saturated heterocycles. The molecular weight excluding hydrogens is 251 g/mol. The minimum atomic E-state index is -4.48. The van der Waals surface area contributed by atoms with E-state index in [4.69, 9.17) is 11.6 Å². The highest BCUT2D eigenvalue weighted by atomic mass is 35.5. The molecule has 0 N–H and O–H groups in total. The molecule has 0 spiro atoms. The van der Waals surface area contributed by atoms with Gasteiger partial charge in [0.05, 0.1) is 10.6 Å². The van der Waals surface area contributed by atoms with Gasteiger partial charge in [-0.2, -0.15) is 13.2 Å². The van der Waals surface area contributed by atoms with E-state index in [1.165, 1.54) is 6.92 Å². The van der Waals surface area contributed by atoms with Crippen LogP contribution in [-0.2, 0) is 11.0 Å². The number of halogens is 4. The Morgan fingerprint density at radius 2 is 2.13 bits per heavy atom. The predicted octanol–water partition coefficient (Wildman–Crippen LogP) is 3.39. The van der Waals surface area contributed by atoms with E-state index in [0.29, 0.717) is 18.0 Å². The lowest BCUT2D eigenvalue weighted by atomic mass is 10.3. The standard InChI is InChI=1S/C8H5ClF3NOS/c1-4(14)15-7-6(9)2-5(3-13-7)8(10,11)12/h2-3H,1H3. The van der Waals surface area contributed by atoms with Crippen LogP contribution in [0.4, 0.5) is 13.2 Å². The topological polar surface area (TPSA) is 30.0 Å². The van der Waals surface area contributed by atoms with Crippen molar-refractivity contribution in [3.63, 3.8) is 0 Å². The molecule has 2 nitrogen and oxygen atoms in total. The molecule has 0 bridgehead atoms. The lowest BCUT2D eigenvalue weighted by molar-refractivity contribution is -0.137. The predicted molar refractivity (Wildman–Crippen MR) is 50.8 cm³/mol. The van der Waals surface area contributed by atoms with Crippen LogP contribution in [0, 0.1) is 0 Å². The summed E-state index contributed by atoms with van der Waals surface area (Å²) in [4.78, 5) is 14.2. The van der Waals surface area contributed by atoms with Crippen molar-refractivity contribution in [3.05, 3.63) is 22.8 Å². The zero-order chi connectivity index (χ0) is 11.6. The summed E-state index contributed by atoms with van der Waals surface area (Å²) < 4.78 is 36.6. The van der Waals surface area contributed by atoms with Gasteiger partial charge < -0.3 is 0 Å². The van der Waals surface area contributed by atoms with Gasteiger partial charge in [0, 0.05) is 13.1 Å². The molecule has 0 atom stereocenters. The Hall–Kier alpha value is -0.750. The molecule has 0 aliphatic rings. The Bertz CT molecular complexity index is 394. The molecule has 15 heavy (non-hydrogen) atoms. The molecule has 1 aromatic heterocycles. The molecule has 82 valence electrons. The van der Waals surface area contributed by atoms with Crippen LogP contribution in [0.3, 0.4) is 0 Å². The van der Waals surface area contributed by atoms with Crippen molar-refractivity contribution in [3.8, 4) is 0 Å². The molecule has 0 aromatic carbocycles. The zero-order valence-electron chi connectivity index (χ0n) is 7.43. The van der Waals surface area contributed by atoms with Crippen LogP contribution >= 0.6 is 23.4 Å². The number of nitrogens with zero attached hydrogens (tertiary/aromatic N) is 1. The smallest absolute Gasteiger partial charge is 0.287 e. The monoisotopic (exact) mass is 255 g/mol. The zero-order valence-corrected chi connectivity index (χ0v) is 9.00. The first-order valence-corrected chi connectivity index (χ1v) is 4.91. The number of aromatic nitrogens is 1. The van der Waals surface area contributed by atoms with Crippen LogP contribution in [0.15, 0.2) is 17.3 Å². The van der Waals surface area contributed by atoms with E-state index in [-0.39, 0.29) is 15.2 Å². The summed E-state index contributed by atoms with van der Waals surface area (Å²) in [6, 6.07) is 0.750. The molecule has 0 radical (unpaired) electrons. The molecule has 0 saturated carbocycles. The van der Waals surface area contributed by atoms with E-state index >= 15 is 0 Å². The number of alkyl halides is 3. The van der Waals surface area contributed by atoms with Crippen molar-refractivity contribution in [1.82, 2.24) is 4.98 Å². The summed E-state index contributed by atoms with van der Waals surface area (Å²) in [5.74, 6) is 0. The number of pyridine rings is 1. The summed E-state index contributed by atoms with van der Waals surface area (Å²) in [6.07, 6.45) is -3.83. The molecule has 1 heterocycles. The van der Waals surface area contributed by atoms with Crippen molar-refractivity contribution in [2.75, 3.05) is 0 Å². The number of rotatable bonds is 1. The van der Waals surface area contributed by atoms with Crippen LogP contribution in [0.5, 0.6) is 0 Å². The van der Waals surface area contributed by atoms with Crippen molar-refractivity contribution < 1.29 is 18.0 Å². The molecule has 0 amide bonds. The summed E-state index contributed by atoms with van der Waals surface area (Å²) >= 11 is 6.24. The second kappa shape index (κ2) is 4.40. The van der Waals surface area contributed by atoms with Gasteiger partial charge in [0.25, 0.3) is 0 Å². The van der Waals surface area contributed by atoms with Crippen molar-refractivity contribution in [2.24, 2.45) is 0 Å². The first-order valence-electron chi connectivity index (χ1n) is 3.72. The normalized spacial score (nSPS) is 11.5. The molecule has 0 unspecified atom stereocenters. The van der Waals surface area contributed by atoms with E-state index in [1.807, 2.05) is 0 Å². The first kappa shape index (κ1) is 12.3. The Morgan fingerprint density at radius 3 is 2.53 bits per heavy atom. The van der Waals surface area contributed by atoms with Gasteiger partial charge in [-0.1, -0.05) is 11.6 Å². The SMILES string of the molecule is CC(=O)Sc1ncc(C(F)(F)F)cc1Cl. The van der Waals surface area contributed by atoms with Gasteiger partial charge in [0.2, 0.25) is 0 Å². The average molecular weight is 256 g/mol. The Balaban J connectivity index is 3.03. The summed E-state index contributed by atoms with van der Waals surface area (Å²) in [6.45, 7) is 1.28. The average Bonchev–Trinajstić information content (AvgIpc) is 2.05. The third kappa shape index (κ3) is 3.39. The van der Waals surface area contributed by atoms with Crippen LogP contribution in [-0.4, -0.2) is 10.1 Å². The largest absolute Gasteiger partial charge is 0.417 e. The molecule has 0 aliphatic carbocycles. The summed E-state index contributed by atoms with van der Waals surface area (Å²) in [7, 11) is 0. The van der Waals surface area contributed by atoms with Crippen molar-refractivity contribution in [1.29, 1.82) is 0 Å². The van der Waals surface area contributed by atoms with Gasteiger partial charge >= 0.3 is 6.18 Å². The van der Waals surface area contributed by atoms with Crippen LogP contribution in [0.2, 0.25) is 5.02 Å². The molecule has 0 aliphatic heterocycles. The van der Waals surface area contributed by atoms with E-state index in [2.05, 4.69) is 4.98 Å². The minimum absolute atomic E-state index is 0.0807. The van der Waals surface area contributed by atoms with E-state index in [1.54, 1.807) is 0 Å². The van der Waals surface area contributed by atoms with Gasteiger partial charge in [-0.15, -0.1) is 0 Å². The number of thioether (sulfide) groups is 1. The van der Waals surface area contributed by atoms with Crippen LogP contribution < -0.4 is 0 Å². The van der Waals surface area contributed by atoms with Gasteiger partial charge in [0.1, 0.15) is 5.03 Å². The third-order valence-electron chi connectivity index (χ3n) is 1.38. The second-order valence-electron chi connectivity index (χ2n) is 2.60. The second-order valence-corrected chi connectivity index (χ2v) is 4.18. The number of hydrogen-bond donors (Lipinski definition) is 0. The molecular formula is C8H5ClF3NOS. The Kier molecular flexibility index (Phi) is 3.62. The highest BCUT2D eigenvalue weighted by Gasteiger charge is 2.31. The fourth-order valence-electron chi connectivity index (χ4n) is 0.792. The third-order valence-corrected chi connectivity index (χ3v) is 2.58. The van der Waals surface area contributed by atoms with Gasteiger partial charge in [0.15, 0.2) is 5.12 Å². The van der Waals surface area contributed by atoms with Gasteiger partial charge in [-0.25, -0.2) is 4.98 Å². The number of carbonyl (C=O) groups excluding carboxylic acids is 1. The minimum Gasteiger partial charge on any atom is -0.287 e. The summed E-state index contributed by atoms with van der Waals surface area (Å²) in [5.41, 5.74) is -0.930. The highest BCUT2D eigenvalue weighted by Crippen LogP contribution is 2.33. The fourth-order valence-corrected chi connectivity index (χ4v) is 1.61. The number of hydrogen-bond acceptors (Lipinski definition) is 3. The van der Waals surface area contributed by atoms with Crippen LogP contribution in [0.25, 0.3) is 0 Å². The maximum atomic E-state index is 12.2. The highest BCUT2D eigenvalue weighted by molar-refractivity contribution is 8.13. The van der Waals surface area contributed by atoms with Crippen LogP contribution in [0.1, 0.15) is 12.5 Å². The maximum absolute atomic E-state index is 12.2. The quantitative estimate of drug-likeness (QED) is 0.721. The molecule has 1 aromatic rings. The fraction of sp³-hybridized carbons (Fsp3) is 0.250.